The van der Waals surface area contributed by atoms with Crippen molar-refractivity contribution in [2.75, 3.05) is 6.54 Å². The van der Waals surface area contributed by atoms with Crippen LogP contribution >= 0.6 is 0 Å². The van der Waals surface area contributed by atoms with Gasteiger partial charge in [-0.25, -0.2) is 0 Å². The van der Waals surface area contributed by atoms with Crippen molar-refractivity contribution >= 4 is 10.6 Å². The maximum absolute atomic E-state index is 11.6. The van der Waals surface area contributed by atoms with E-state index in [1.807, 2.05) is 52.8 Å². The number of rotatable bonds is 5. The van der Waals surface area contributed by atoms with E-state index in [0.717, 1.165) is 42.4 Å². The highest BCUT2D eigenvalue weighted by Gasteiger charge is 2.48. The van der Waals surface area contributed by atoms with Crippen molar-refractivity contribution in [3.8, 4) is 0 Å². The number of hydrogen-bond acceptors (Lipinski definition) is 7. The van der Waals surface area contributed by atoms with Gasteiger partial charge >= 0.3 is 0 Å². The molecule has 2 aliphatic rings. The van der Waals surface area contributed by atoms with Crippen LogP contribution in [-0.4, -0.2) is 32.7 Å². The lowest BCUT2D eigenvalue weighted by Crippen LogP contribution is -2.42. The SMILES string of the molecule is CC1(C)c2ccc(C(O)CNC3CCC(C)([S-](=N)=O)CC3)cc2C(C)(C)N1O. The molecular formula is C21H34N3O3S-. The van der Waals surface area contributed by atoms with Gasteiger partial charge < -0.3 is 24.6 Å². The summed E-state index contributed by atoms with van der Waals surface area (Å²) in [6, 6.07) is 6.26. The van der Waals surface area contributed by atoms with E-state index in [4.69, 9.17) is 4.78 Å². The number of aliphatic hydroxyl groups excluding tert-OH is 1. The molecule has 1 aromatic carbocycles. The number of fused-ring (bicyclic) bond motifs is 1. The summed E-state index contributed by atoms with van der Waals surface area (Å²) in [4.78, 5) is 0. The standard InChI is InChI=1S/C21H34N3O3S/c1-19(2)16-7-6-14(12-17(16)20(3,4)24(19)26)18(25)13-23-15-8-10-21(5,11-9-15)28(22)27/h6-7,12,15,18,22-23,25-26H,8-11,13H2,1-5H3/q-1. The average molecular weight is 409 g/mol. The summed E-state index contributed by atoms with van der Waals surface area (Å²) in [6.07, 6.45) is 2.66. The van der Waals surface area contributed by atoms with E-state index in [0.29, 0.717) is 6.54 Å². The Morgan fingerprint density at radius 2 is 1.75 bits per heavy atom. The predicted molar refractivity (Wildman–Crippen MR) is 111 cm³/mol. The molecule has 3 rings (SSSR count). The van der Waals surface area contributed by atoms with Crippen LogP contribution in [0.4, 0.5) is 0 Å². The van der Waals surface area contributed by atoms with Gasteiger partial charge in [0.15, 0.2) is 0 Å². The van der Waals surface area contributed by atoms with E-state index < -0.39 is 32.5 Å². The van der Waals surface area contributed by atoms with Gasteiger partial charge in [-0.05, 0) is 57.2 Å². The molecule has 0 spiro atoms. The minimum atomic E-state index is -1.54. The van der Waals surface area contributed by atoms with E-state index in [1.165, 1.54) is 5.06 Å². The van der Waals surface area contributed by atoms with Crippen molar-refractivity contribution in [1.29, 1.82) is 4.78 Å². The molecule has 4 N–H and O–H groups in total. The van der Waals surface area contributed by atoms with Crippen molar-refractivity contribution in [3.63, 3.8) is 0 Å². The number of hydrogen-bond donors (Lipinski definition) is 4. The van der Waals surface area contributed by atoms with Gasteiger partial charge in [-0.1, -0.05) is 42.7 Å². The predicted octanol–water partition coefficient (Wildman–Crippen LogP) is 3.91. The lowest BCUT2D eigenvalue weighted by Gasteiger charge is -2.40. The van der Waals surface area contributed by atoms with Crippen LogP contribution < -0.4 is 5.32 Å². The average Bonchev–Trinajstić information content (AvgIpc) is 2.78. The number of nitrogens with one attached hydrogen (secondary N) is 2. The smallest absolute Gasteiger partial charge is 0.0914 e. The highest BCUT2D eigenvalue weighted by Crippen LogP contribution is 2.48. The van der Waals surface area contributed by atoms with Gasteiger partial charge in [0.2, 0.25) is 0 Å². The summed E-state index contributed by atoms with van der Waals surface area (Å²) in [5.41, 5.74) is 2.00. The first kappa shape index (κ1) is 21.7. The molecule has 1 heterocycles. The second-order valence-corrected chi connectivity index (χ2v) is 11.2. The van der Waals surface area contributed by atoms with Crippen molar-refractivity contribution in [2.24, 2.45) is 0 Å². The molecule has 1 atom stereocenters. The van der Waals surface area contributed by atoms with Gasteiger partial charge in [0.05, 0.1) is 17.2 Å². The second-order valence-electron chi connectivity index (χ2n) is 9.65. The summed E-state index contributed by atoms with van der Waals surface area (Å²) in [6.45, 7) is 10.4. The molecule has 1 aliphatic heterocycles. The van der Waals surface area contributed by atoms with E-state index in [1.54, 1.807) is 0 Å². The third-order valence-electron chi connectivity index (χ3n) is 6.90. The second kappa shape index (κ2) is 7.36. The fourth-order valence-corrected chi connectivity index (χ4v) is 5.36. The van der Waals surface area contributed by atoms with Crippen LogP contribution in [-0.2, 0) is 25.9 Å². The number of aliphatic hydroxyl groups is 1. The Labute approximate surface area is 170 Å². The minimum absolute atomic E-state index is 0.281. The molecule has 0 aromatic heterocycles. The quantitative estimate of drug-likeness (QED) is 0.554. The van der Waals surface area contributed by atoms with Crippen LogP contribution in [0, 0.1) is 4.78 Å². The Hall–Kier alpha value is -0.990. The molecular weight excluding hydrogens is 374 g/mol. The number of nitrogens with zero attached hydrogens (tertiary/aromatic N) is 1. The minimum Gasteiger partial charge on any atom is -0.444 e. The Kier molecular flexibility index (Phi) is 5.71. The highest BCUT2D eigenvalue weighted by atomic mass is 32.2. The summed E-state index contributed by atoms with van der Waals surface area (Å²) in [7, 11) is -1.54. The molecule has 7 heteroatoms. The zero-order valence-electron chi connectivity index (χ0n) is 17.6. The molecule has 158 valence electrons. The van der Waals surface area contributed by atoms with Crippen LogP contribution in [0.1, 0.15) is 83.1 Å². The van der Waals surface area contributed by atoms with Gasteiger partial charge in [-0.2, -0.15) is 15.7 Å². The van der Waals surface area contributed by atoms with Gasteiger partial charge in [0, 0.05) is 12.6 Å². The first-order valence-electron chi connectivity index (χ1n) is 10.1. The first-order valence-corrected chi connectivity index (χ1v) is 11.2. The Morgan fingerprint density at radius 1 is 1.18 bits per heavy atom. The molecule has 1 aliphatic carbocycles. The lowest BCUT2D eigenvalue weighted by molar-refractivity contribution is -0.216. The topological polar surface area (TPSA) is 96.7 Å². The molecule has 1 saturated carbocycles. The molecule has 28 heavy (non-hydrogen) atoms. The van der Waals surface area contributed by atoms with Crippen molar-refractivity contribution < 1.29 is 14.5 Å². The van der Waals surface area contributed by atoms with Crippen molar-refractivity contribution in [1.82, 2.24) is 10.4 Å². The van der Waals surface area contributed by atoms with Crippen molar-refractivity contribution in [3.05, 3.63) is 34.9 Å². The van der Waals surface area contributed by atoms with Crippen LogP contribution in [0.2, 0.25) is 0 Å². The first-order chi connectivity index (χ1) is 12.9. The Morgan fingerprint density at radius 3 is 2.32 bits per heavy atom. The highest BCUT2D eigenvalue weighted by molar-refractivity contribution is 7.75. The Bertz CT molecular complexity index is 803. The largest absolute Gasteiger partial charge is 0.444 e. The van der Waals surface area contributed by atoms with E-state index in [9.17, 15) is 14.5 Å². The summed E-state index contributed by atoms with van der Waals surface area (Å²) < 4.78 is 18.7. The monoisotopic (exact) mass is 408 g/mol. The summed E-state index contributed by atoms with van der Waals surface area (Å²) in [5, 5.41) is 26.2. The van der Waals surface area contributed by atoms with Crippen LogP contribution in [0.25, 0.3) is 0 Å². The zero-order chi connectivity index (χ0) is 20.9. The van der Waals surface area contributed by atoms with E-state index in [-0.39, 0.29) is 6.04 Å². The number of hydroxylamine groups is 2. The van der Waals surface area contributed by atoms with Crippen LogP contribution in [0.5, 0.6) is 0 Å². The molecule has 1 fully saturated rings. The van der Waals surface area contributed by atoms with Crippen LogP contribution in [0.3, 0.4) is 0 Å². The summed E-state index contributed by atoms with van der Waals surface area (Å²) >= 11 is 0. The fourth-order valence-electron chi connectivity index (χ4n) is 4.75. The molecule has 0 radical (unpaired) electrons. The molecule has 1 unspecified atom stereocenters. The van der Waals surface area contributed by atoms with Crippen LogP contribution in [0.15, 0.2) is 18.2 Å². The lowest BCUT2D eigenvalue weighted by atomic mass is 9.86. The maximum atomic E-state index is 11.6. The maximum Gasteiger partial charge on any atom is 0.0914 e. The summed E-state index contributed by atoms with van der Waals surface area (Å²) in [5.74, 6) is 0. The molecule has 0 bridgehead atoms. The van der Waals surface area contributed by atoms with Gasteiger partial charge in [0.25, 0.3) is 0 Å². The van der Waals surface area contributed by atoms with E-state index >= 15 is 0 Å². The molecule has 1 aromatic rings. The molecule has 0 amide bonds. The molecule has 0 saturated heterocycles. The third kappa shape index (κ3) is 3.63. The zero-order valence-corrected chi connectivity index (χ0v) is 18.4. The van der Waals surface area contributed by atoms with Gasteiger partial charge in [0.1, 0.15) is 0 Å². The van der Waals surface area contributed by atoms with Gasteiger partial charge in [-0.3, -0.25) is 0 Å². The number of benzene rings is 1. The normalized spacial score (nSPS) is 30.4. The van der Waals surface area contributed by atoms with Gasteiger partial charge in [-0.15, -0.1) is 0 Å². The Balaban J connectivity index is 1.66. The third-order valence-corrected chi connectivity index (χ3v) is 8.20. The molecule has 6 nitrogen and oxygen atoms in total. The fraction of sp³-hybridized carbons (Fsp3) is 0.714. The van der Waals surface area contributed by atoms with Crippen molar-refractivity contribution in [2.45, 2.75) is 88.3 Å². The van der Waals surface area contributed by atoms with E-state index in [2.05, 4.69) is 5.32 Å².